The van der Waals surface area contributed by atoms with Crippen LogP contribution in [0.5, 0.6) is 11.5 Å². The molecule has 1 heterocycles. The summed E-state index contributed by atoms with van der Waals surface area (Å²) in [4.78, 5) is 0. The number of ether oxygens (including phenoxy) is 1. The summed E-state index contributed by atoms with van der Waals surface area (Å²) in [6.45, 7) is 2.00. The molecular weight excluding hydrogens is 264 g/mol. The summed E-state index contributed by atoms with van der Waals surface area (Å²) in [5.74, 6) is 0.398. The zero-order valence-electron chi connectivity index (χ0n) is 11.5. The van der Waals surface area contributed by atoms with Crippen molar-refractivity contribution in [3.05, 3.63) is 70.6 Å². The third-order valence-electron chi connectivity index (χ3n) is 3.70. The van der Waals surface area contributed by atoms with Crippen molar-refractivity contribution >= 4 is 0 Å². The van der Waals surface area contributed by atoms with Gasteiger partial charge in [0.15, 0.2) is 0 Å². The van der Waals surface area contributed by atoms with Gasteiger partial charge in [-0.25, -0.2) is 0 Å². The van der Waals surface area contributed by atoms with Crippen LogP contribution in [0.3, 0.4) is 0 Å². The molecule has 0 fully saturated rings. The van der Waals surface area contributed by atoms with Crippen LogP contribution in [0.4, 0.5) is 0 Å². The summed E-state index contributed by atoms with van der Waals surface area (Å²) >= 11 is 0. The van der Waals surface area contributed by atoms with E-state index in [1.54, 1.807) is 12.1 Å². The van der Waals surface area contributed by atoms with Crippen LogP contribution in [-0.4, -0.2) is 5.11 Å². The van der Waals surface area contributed by atoms with Gasteiger partial charge in [-0.2, -0.15) is 5.26 Å². The van der Waals surface area contributed by atoms with Crippen LogP contribution in [0, 0.1) is 18.3 Å². The number of phenolic OH excluding ortho intramolecular Hbond substituents is 1. The average Bonchev–Trinajstić information content (AvgIpc) is 2.46. The third-order valence-corrected chi connectivity index (χ3v) is 3.70. The van der Waals surface area contributed by atoms with Gasteiger partial charge in [0, 0.05) is 11.6 Å². The minimum Gasteiger partial charge on any atom is -0.508 e. The normalized spacial score (nSPS) is 16.9. The van der Waals surface area contributed by atoms with E-state index in [4.69, 9.17) is 10.5 Å². The number of benzene rings is 2. The molecule has 0 spiro atoms. The third kappa shape index (κ3) is 2.09. The molecule has 21 heavy (non-hydrogen) atoms. The van der Waals surface area contributed by atoms with Crippen LogP contribution in [0.15, 0.2) is 53.9 Å². The average molecular weight is 278 g/mol. The van der Waals surface area contributed by atoms with E-state index in [1.165, 1.54) is 6.07 Å². The largest absolute Gasteiger partial charge is 0.508 e. The molecule has 2 aromatic rings. The maximum Gasteiger partial charge on any atom is 0.205 e. The highest BCUT2D eigenvalue weighted by atomic mass is 16.5. The molecule has 3 N–H and O–H groups in total. The Kier molecular flexibility index (Phi) is 3.03. The standard InChI is InChI=1S/C17H14N2O2/c1-10-4-2-3-5-12(10)16-13-7-6-11(20)8-15(13)21-17(19)14(16)9-18/h2-8,16,20H,19H2,1H3. The van der Waals surface area contributed by atoms with Gasteiger partial charge < -0.3 is 15.6 Å². The SMILES string of the molecule is Cc1ccccc1C1C(C#N)=C(N)Oc2cc(O)ccc21. The number of aryl methyl sites for hydroxylation is 1. The van der Waals surface area contributed by atoms with Crippen LogP contribution < -0.4 is 10.5 Å². The van der Waals surface area contributed by atoms with E-state index in [2.05, 4.69) is 6.07 Å². The molecule has 4 nitrogen and oxygen atoms in total. The molecule has 3 rings (SSSR count). The lowest BCUT2D eigenvalue weighted by Crippen LogP contribution is -2.21. The number of fused-ring (bicyclic) bond motifs is 1. The molecule has 104 valence electrons. The Bertz CT molecular complexity index is 788. The zero-order chi connectivity index (χ0) is 15.0. The summed E-state index contributed by atoms with van der Waals surface area (Å²) in [5, 5.41) is 19.1. The first-order valence-electron chi connectivity index (χ1n) is 6.58. The van der Waals surface area contributed by atoms with E-state index in [1.807, 2.05) is 31.2 Å². The monoisotopic (exact) mass is 278 g/mol. The number of hydrogen-bond donors (Lipinski definition) is 2. The lowest BCUT2D eigenvalue weighted by Gasteiger charge is -2.27. The fourth-order valence-electron chi connectivity index (χ4n) is 2.67. The van der Waals surface area contributed by atoms with Crippen LogP contribution >= 0.6 is 0 Å². The zero-order valence-corrected chi connectivity index (χ0v) is 11.5. The number of allylic oxidation sites excluding steroid dienone is 1. The molecule has 1 unspecified atom stereocenters. The van der Waals surface area contributed by atoms with Crippen LogP contribution in [0.25, 0.3) is 0 Å². The van der Waals surface area contributed by atoms with E-state index in [9.17, 15) is 10.4 Å². The summed E-state index contributed by atoms with van der Waals surface area (Å²) in [6.07, 6.45) is 0. The molecule has 1 aliphatic heterocycles. The maximum absolute atomic E-state index is 9.61. The Balaban J connectivity index is 2.27. The number of phenols is 1. The molecule has 0 amide bonds. The first-order chi connectivity index (χ1) is 10.1. The van der Waals surface area contributed by atoms with E-state index < -0.39 is 0 Å². The van der Waals surface area contributed by atoms with Crippen molar-refractivity contribution in [1.82, 2.24) is 0 Å². The molecular formula is C17H14N2O2. The van der Waals surface area contributed by atoms with Gasteiger partial charge in [-0.05, 0) is 24.1 Å². The minimum atomic E-state index is -0.277. The molecule has 0 saturated carbocycles. The highest BCUT2D eigenvalue weighted by Crippen LogP contribution is 2.43. The van der Waals surface area contributed by atoms with Gasteiger partial charge in [-0.15, -0.1) is 0 Å². The van der Waals surface area contributed by atoms with E-state index in [0.29, 0.717) is 11.3 Å². The van der Waals surface area contributed by atoms with E-state index in [-0.39, 0.29) is 17.6 Å². The van der Waals surface area contributed by atoms with Crippen molar-refractivity contribution in [3.63, 3.8) is 0 Å². The number of nitrogens with two attached hydrogens (primary N) is 1. The van der Waals surface area contributed by atoms with E-state index in [0.717, 1.165) is 16.7 Å². The lowest BCUT2D eigenvalue weighted by atomic mass is 9.82. The number of nitrogens with zero attached hydrogens (tertiary/aromatic N) is 1. The van der Waals surface area contributed by atoms with Crippen molar-refractivity contribution < 1.29 is 9.84 Å². The Hall–Kier alpha value is -2.93. The smallest absolute Gasteiger partial charge is 0.205 e. The Labute approximate surface area is 122 Å². The van der Waals surface area contributed by atoms with Gasteiger partial charge in [0.25, 0.3) is 0 Å². The molecule has 2 aromatic carbocycles. The van der Waals surface area contributed by atoms with Crippen molar-refractivity contribution in [2.45, 2.75) is 12.8 Å². The molecule has 0 saturated heterocycles. The van der Waals surface area contributed by atoms with Gasteiger partial charge >= 0.3 is 0 Å². The van der Waals surface area contributed by atoms with E-state index >= 15 is 0 Å². The van der Waals surface area contributed by atoms with Crippen LogP contribution in [0.2, 0.25) is 0 Å². The molecule has 0 bridgehead atoms. The second kappa shape index (κ2) is 4.88. The van der Waals surface area contributed by atoms with Gasteiger partial charge in [0.05, 0.1) is 5.92 Å². The summed E-state index contributed by atoms with van der Waals surface area (Å²) in [6, 6.07) is 14.9. The van der Waals surface area contributed by atoms with Gasteiger partial charge in [-0.3, -0.25) is 0 Å². The highest BCUT2D eigenvalue weighted by Gasteiger charge is 2.31. The molecule has 4 heteroatoms. The number of aromatic hydroxyl groups is 1. The maximum atomic E-state index is 9.61. The molecule has 0 aliphatic carbocycles. The fraction of sp³-hybridized carbons (Fsp3) is 0.118. The predicted octanol–water partition coefficient (Wildman–Crippen LogP) is 2.92. The number of hydrogen-bond acceptors (Lipinski definition) is 4. The molecule has 1 atom stereocenters. The van der Waals surface area contributed by atoms with Crippen LogP contribution in [0.1, 0.15) is 22.6 Å². The quantitative estimate of drug-likeness (QED) is 0.840. The minimum absolute atomic E-state index is 0.0869. The predicted molar refractivity (Wildman–Crippen MR) is 78.6 cm³/mol. The Morgan fingerprint density at radius 2 is 1.95 bits per heavy atom. The lowest BCUT2D eigenvalue weighted by molar-refractivity contribution is 0.388. The summed E-state index contributed by atoms with van der Waals surface area (Å²) < 4.78 is 5.48. The fourth-order valence-corrected chi connectivity index (χ4v) is 2.67. The highest BCUT2D eigenvalue weighted by molar-refractivity contribution is 5.58. The number of rotatable bonds is 1. The first-order valence-corrected chi connectivity index (χ1v) is 6.58. The number of nitriles is 1. The van der Waals surface area contributed by atoms with Gasteiger partial charge in [0.2, 0.25) is 5.88 Å². The molecule has 1 aliphatic rings. The van der Waals surface area contributed by atoms with Crippen molar-refractivity contribution in [2.24, 2.45) is 5.73 Å². The second-order valence-electron chi connectivity index (χ2n) is 5.00. The van der Waals surface area contributed by atoms with Crippen molar-refractivity contribution in [2.75, 3.05) is 0 Å². The van der Waals surface area contributed by atoms with Gasteiger partial charge in [0.1, 0.15) is 23.1 Å². The summed E-state index contributed by atoms with van der Waals surface area (Å²) in [7, 11) is 0. The Morgan fingerprint density at radius 1 is 1.19 bits per heavy atom. The van der Waals surface area contributed by atoms with Crippen LogP contribution in [-0.2, 0) is 0 Å². The van der Waals surface area contributed by atoms with Crippen molar-refractivity contribution in [1.29, 1.82) is 5.26 Å². The van der Waals surface area contributed by atoms with Gasteiger partial charge in [-0.1, -0.05) is 30.3 Å². The molecule has 0 aromatic heterocycles. The first kappa shape index (κ1) is 13.1. The Morgan fingerprint density at radius 3 is 2.67 bits per heavy atom. The molecule has 0 radical (unpaired) electrons. The summed E-state index contributed by atoms with van der Waals surface area (Å²) in [5.41, 5.74) is 9.18. The second-order valence-corrected chi connectivity index (χ2v) is 5.00. The van der Waals surface area contributed by atoms with Crippen molar-refractivity contribution in [3.8, 4) is 17.6 Å². The topological polar surface area (TPSA) is 79.3 Å².